The minimum Gasteiger partial charge on any atom is -0.258 e. The quantitative estimate of drug-likeness (QED) is 0.439. The summed E-state index contributed by atoms with van der Waals surface area (Å²) in [6, 6.07) is 14.9. The summed E-state index contributed by atoms with van der Waals surface area (Å²) in [6.07, 6.45) is 0. The second kappa shape index (κ2) is 7.31. The highest BCUT2D eigenvalue weighted by Gasteiger charge is 2.04. The minimum absolute atomic E-state index is 0.133. The fourth-order valence-corrected chi connectivity index (χ4v) is 2.91. The highest BCUT2D eigenvalue weighted by molar-refractivity contribution is 7.97. The first-order valence-electron chi connectivity index (χ1n) is 6.14. The summed E-state index contributed by atoms with van der Waals surface area (Å²) < 4.78 is 0. The lowest BCUT2D eigenvalue weighted by molar-refractivity contribution is -0.384. The van der Waals surface area contributed by atoms with Crippen LogP contribution in [0.5, 0.6) is 0 Å². The summed E-state index contributed by atoms with van der Waals surface area (Å²) in [5.41, 5.74) is 3.60. The lowest BCUT2D eigenvalue weighted by Crippen LogP contribution is -1.89. The normalized spacial score (nSPS) is 10.4. The third-order valence-electron chi connectivity index (χ3n) is 2.83. The van der Waals surface area contributed by atoms with E-state index in [0.29, 0.717) is 5.88 Å². The number of alkyl halides is 1. The Bertz CT molecular complexity index is 587. The van der Waals surface area contributed by atoms with Gasteiger partial charge in [-0.15, -0.1) is 11.6 Å². The topological polar surface area (TPSA) is 43.1 Å². The molecule has 0 atom stereocenters. The van der Waals surface area contributed by atoms with Crippen LogP contribution in [0.4, 0.5) is 5.69 Å². The van der Waals surface area contributed by atoms with Crippen molar-refractivity contribution in [2.75, 3.05) is 0 Å². The standard InChI is InChI=1S/C15H14ClNO2S/c16-9-13-2-1-3-14(8-13)11-20-10-12-4-6-15(7-5-12)17(18)19/h1-8H,9-11H2. The van der Waals surface area contributed by atoms with Crippen LogP contribution in [0.25, 0.3) is 0 Å². The fraction of sp³-hybridized carbons (Fsp3) is 0.200. The van der Waals surface area contributed by atoms with E-state index in [1.54, 1.807) is 36.0 Å². The second-order valence-electron chi connectivity index (χ2n) is 4.37. The predicted octanol–water partition coefficient (Wildman–Crippen LogP) is 4.77. The van der Waals surface area contributed by atoms with Crippen molar-refractivity contribution in [3.63, 3.8) is 0 Å². The Balaban J connectivity index is 1.87. The van der Waals surface area contributed by atoms with Gasteiger partial charge in [0.1, 0.15) is 0 Å². The average molecular weight is 308 g/mol. The number of hydrogen-bond donors (Lipinski definition) is 0. The van der Waals surface area contributed by atoms with Crippen LogP contribution in [0.3, 0.4) is 0 Å². The molecule has 3 nitrogen and oxygen atoms in total. The summed E-state index contributed by atoms with van der Waals surface area (Å²) in [4.78, 5) is 10.2. The van der Waals surface area contributed by atoms with Crippen molar-refractivity contribution in [1.29, 1.82) is 0 Å². The van der Waals surface area contributed by atoms with Gasteiger partial charge in [0.15, 0.2) is 0 Å². The van der Waals surface area contributed by atoms with Crippen molar-refractivity contribution in [1.82, 2.24) is 0 Å². The number of rotatable bonds is 6. The molecule has 0 saturated heterocycles. The molecule has 0 heterocycles. The number of nitrogens with zero attached hydrogens (tertiary/aromatic N) is 1. The second-order valence-corrected chi connectivity index (χ2v) is 5.62. The molecule has 0 aliphatic carbocycles. The molecule has 0 spiro atoms. The van der Waals surface area contributed by atoms with Gasteiger partial charge in [-0.25, -0.2) is 0 Å². The lowest BCUT2D eigenvalue weighted by atomic mass is 10.2. The highest BCUT2D eigenvalue weighted by atomic mass is 35.5. The average Bonchev–Trinajstić information content (AvgIpc) is 2.48. The zero-order valence-electron chi connectivity index (χ0n) is 10.8. The molecule has 104 valence electrons. The first kappa shape index (κ1) is 14.9. The van der Waals surface area contributed by atoms with E-state index in [2.05, 4.69) is 12.1 Å². The number of nitro benzene ring substituents is 1. The van der Waals surface area contributed by atoms with Crippen LogP contribution >= 0.6 is 23.4 Å². The summed E-state index contributed by atoms with van der Waals surface area (Å²) in [5.74, 6) is 2.27. The molecule has 20 heavy (non-hydrogen) atoms. The molecule has 0 unspecified atom stereocenters. The van der Waals surface area contributed by atoms with Crippen molar-refractivity contribution in [3.8, 4) is 0 Å². The monoisotopic (exact) mass is 307 g/mol. The Labute approximate surface area is 127 Å². The van der Waals surface area contributed by atoms with Gasteiger partial charge in [-0.05, 0) is 16.7 Å². The van der Waals surface area contributed by atoms with Crippen LogP contribution in [-0.4, -0.2) is 4.92 Å². The van der Waals surface area contributed by atoms with Crippen LogP contribution in [0.15, 0.2) is 48.5 Å². The maximum Gasteiger partial charge on any atom is 0.269 e. The smallest absolute Gasteiger partial charge is 0.258 e. The van der Waals surface area contributed by atoms with Crippen LogP contribution in [0.2, 0.25) is 0 Å². The largest absolute Gasteiger partial charge is 0.269 e. The molecule has 2 rings (SSSR count). The third kappa shape index (κ3) is 4.25. The van der Waals surface area contributed by atoms with Gasteiger partial charge in [0.25, 0.3) is 5.69 Å². The fourth-order valence-electron chi connectivity index (χ4n) is 1.80. The molecule has 0 fully saturated rings. The van der Waals surface area contributed by atoms with E-state index >= 15 is 0 Å². The molecular formula is C15H14ClNO2S. The van der Waals surface area contributed by atoms with E-state index in [1.165, 1.54) is 5.56 Å². The molecule has 2 aromatic rings. The third-order valence-corrected chi connectivity index (χ3v) is 4.21. The maximum atomic E-state index is 10.6. The van der Waals surface area contributed by atoms with Crippen molar-refractivity contribution in [2.45, 2.75) is 17.4 Å². The molecule has 0 aliphatic heterocycles. The van der Waals surface area contributed by atoms with Gasteiger partial charge in [0.05, 0.1) is 4.92 Å². The highest BCUT2D eigenvalue weighted by Crippen LogP contribution is 2.20. The zero-order chi connectivity index (χ0) is 14.4. The van der Waals surface area contributed by atoms with Gasteiger partial charge < -0.3 is 0 Å². The van der Waals surface area contributed by atoms with Gasteiger partial charge in [0, 0.05) is 29.5 Å². The molecule has 0 bridgehead atoms. The van der Waals surface area contributed by atoms with Crippen LogP contribution < -0.4 is 0 Å². The van der Waals surface area contributed by atoms with Gasteiger partial charge in [0.2, 0.25) is 0 Å². The van der Waals surface area contributed by atoms with Crippen molar-refractivity contribution in [3.05, 3.63) is 75.3 Å². The van der Waals surface area contributed by atoms with E-state index in [4.69, 9.17) is 11.6 Å². The predicted molar refractivity (Wildman–Crippen MR) is 84.1 cm³/mol. The van der Waals surface area contributed by atoms with Gasteiger partial charge in [-0.1, -0.05) is 36.4 Å². The molecule has 2 aromatic carbocycles. The molecule has 0 aromatic heterocycles. The first-order valence-corrected chi connectivity index (χ1v) is 7.83. The Morgan fingerprint density at radius 3 is 2.30 bits per heavy atom. The molecule has 0 saturated carbocycles. The summed E-state index contributed by atoms with van der Waals surface area (Å²) >= 11 is 7.59. The van der Waals surface area contributed by atoms with E-state index in [1.807, 2.05) is 12.1 Å². The SMILES string of the molecule is O=[N+]([O-])c1ccc(CSCc2cccc(CCl)c2)cc1. The molecule has 0 N–H and O–H groups in total. The van der Waals surface area contributed by atoms with E-state index in [9.17, 15) is 10.1 Å². The van der Waals surface area contributed by atoms with Crippen LogP contribution in [0.1, 0.15) is 16.7 Å². The van der Waals surface area contributed by atoms with Gasteiger partial charge >= 0.3 is 0 Å². The Kier molecular flexibility index (Phi) is 5.44. The maximum absolute atomic E-state index is 10.6. The number of nitro groups is 1. The van der Waals surface area contributed by atoms with E-state index in [-0.39, 0.29) is 10.6 Å². The molecule has 0 amide bonds. The summed E-state index contributed by atoms with van der Waals surface area (Å²) in [6.45, 7) is 0. The van der Waals surface area contributed by atoms with E-state index < -0.39 is 0 Å². The van der Waals surface area contributed by atoms with Gasteiger partial charge in [-0.2, -0.15) is 11.8 Å². The Morgan fingerprint density at radius 2 is 1.65 bits per heavy atom. The van der Waals surface area contributed by atoms with Crippen molar-refractivity contribution in [2.24, 2.45) is 0 Å². The van der Waals surface area contributed by atoms with Crippen molar-refractivity contribution < 1.29 is 4.92 Å². The number of non-ortho nitro benzene ring substituents is 1. The molecule has 0 radical (unpaired) electrons. The Hall–Kier alpha value is -1.52. The van der Waals surface area contributed by atoms with Crippen LogP contribution in [0, 0.1) is 10.1 Å². The number of halogens is 1. The lowest BCUT2D eigenvalue weighted by Gasteiger charge is -2.04. The zero-order valence-corrected chi connectivity index (χ0v) is 12.4. The number of hydrogen-bond acceptors (Lipinski definition) is 3. The van der Waals surface area contributed by atoms with Crippen molar-refractivity contribution >= 4 is 29.1 Å². The van der Waals surface area contributed by atoms with Gasteiger partial charge in [-0.3, -0.25) is 10.1 Å². The molecule has 5 heteroatoms. The Morgan fingerprint density at radius 1 is 1.00 bits per heavy atom. The molecular weight excluding hydrogens is 294 g/mol. The van der Waals surface area contributed by atoms with E-state index in [0.717, 1.165) is 22.6 Å². The number of benzene rings is 2. The summed E-state index contributed by atoms with van der Waals surface area (Å²) in [7, 11) is 0. The van der Waals surface area contributed by atoms with Crippen LogP contribution in [-0.2, 0) is 17.4 Å². The minimum atomic E-state index is -0.380. The first-order chi connectivity index (χ1) is 9.69. The summed E-state index contributed by atoms with van der Waals surface area (Å²) in [5, 5.41) is 10.6. The number of thioether (sulfide) groups is 1. The molecule has 0 aliphatic rings.